The van der Waals surface area contributed by atoms with Gasteiger partial charge in [-0.25, -0.2) is 0 Å². The molecule has 0 spiro atoms. The van der Waals surface area contributed by atoms with Gasteiger partial charge in [-0.2, -0.15) is 0 Å². The van der Waals surface area contributed by atoms with Gasteiger partial charge in [0.25, 0.3) is 5.91 Å². The molecule has 1 heterocycles. The molecule has 0 saturated heterocycles. The van der Waals surface area contributed by atoms with Crippen molar-refractivity contribution in [2.24, 2.45) is 5.92 Å². The van der Waals surface area contributed by atoms with Gasteiger partial charge in [-0.05, 0) is 49.2 Å². The summed E-state index contributed by atoms with van der Waals surface area (Å²) in [6, 6.07) is 14.0. The molecule has 190 valence electrons. The average Bonchev–Trinajstić information content (AvgIpc) is 2.86. The molecule has 3 aromatic rings. The monoisotopic (exact) mass is 511 g/mol. The molecule has 3 rings (SSSR count). The fourth-order valence-electron chi connectivity index (χ4n) is 3.98. The average molecular weight is 512 g/mol. The van der Waals surface area contributed by atoms with Crippen LogP contribution in [0.4, 0.5) is 0 Å². The third-order valence-corrected chi connectivity index (χ3v) is 6.02. The van der Waals surface area contributed by atoms with E-state index in [0.717, 1.165) is 11.8 Å². The first-order valence-corrected chi connectivity index (χ1v) is 12.3. The first-order chi connectivity index (χ1) is 17.3. The Bertz CT molecular complexity index is 1270. The molecule has 2 atom stereocenters. The van der Waals surface area contributed by atoms with Gasteiger partial charge in [0, 0.05) is 40.5 Å². The van der Waals surface area contributed by atoms with Crippen LogP contribution in [0, 0.1) is 5.92 Å². The second kappa shape index (κ2) is 12.9. The SMILES string of the molecule is CCCC(CNC(=O)C(Cc1cc(=O)[nH]c2ccccc12)NC(=O)c1ccc(Cl)cc1)C(=O)OCC. The number of halogens is 1. The fraction of sp³-hybridized carbons (Fsp3) is 0.333. The molecule has 1 aromatic heterocycles. The lowest BCUT2D eigenvalue weighted by molar-refractivity contribution is -0.148. The lowest BCUT2D eigenvalue weighted by Crippen LogP contribution is -2.49. The number of rotatable bonds is 11. The normalized spacial score (nSPS) is 12.5. The smallest absolute Gasteiger partial charge is 0.310 e. The van der Waals surface area contributed by atoms with Crippen LogP contribution < -0.4 is 16.2 Å². The molecule has 0 fully saturated rings. The number of ether oxygens (including phenoxy) is 1. The maximum absolute atomic E-state index is 13.3. The molecule has 0 bridgehead atoms. The second-order valence-electron chi connectivity index (χ2n) is 8.42. The van der Waals surface area contributed by atoms with Gasteiger partial charge >= 0.3 is 5.97 Å². The molecular weight excluding hydrogens is 482 g/mol. The van der Waals surface area contributed by atoms with Crippen LogP contribution in [-0.2, 0) is 20.7 Å². The van der Waals surface area contributed by atoms with Crippen LogP contribution in [-0.4, -0.2) is 42.0 Å². The Balaban J connectivity index is 1.86. The number of amides is 2. The standard InChI is InChI=1S/C27H30ClN3O5/c1-3-7-18(27(35)36-4-2)16-29-26(34)23(31-25(33)17-10-12-20(28)13-11-17)14-19-15-24(32)30-22-9-6-5-8-21(19)22/h5-6,8-13,15,18,23H,3-4,7,14,16H2,1-2H3,(H,29,34)(H,30,32)(H,31,33). The maximum Gasteiger partial charge on any atom is 0.310 e. The lowest BCUT2D eigenvalue weighted by Gasteiger charge is -2.21. The summed E-state index contributed by atoms with van der Waals surface area (Å²) in [6.45, 7) is 4.01. The van der Waals surface area contributed by atoms with Gasteiger partial charge in [0.15, 0.2) is 0 Å². The molecule has 8 nitrogen and oxygen atoms in total. The zero-order valence-corrected chi connectivity index (χ0v) is 21.1. The fourth-order valence-corrected chi connectivity index (χ4v) is 4.10. The van der Waals surface area contributed by atoms with Crippen LogP contribution in [0.5, 0.6) is 0 Å². The number of esters is 1. The third kappa shape index (κ3) is 7.18. The van der Waals surface area contributed by atoms with E-state index in [1.807, 2.05) is 19.1 Å². The van der Waals surface area contributed by atoms with Crippen LogP contribution in [0.1, 0.15) is 42.6 Å². The van der Waals surface area contributed by atoms with Crippen LogP contribution >= 0.6 is 11.6 Å². The molecule has 0 aliphatic heterocycles. The highest BCUT2D eigenvalue weighted by Gasteiger charge is 2.26. The van der Waals surface area contributed by atoms with Crippen molar-refractivity contribution in [1.29, 1.82) is 0 Å². The lowest BCUT2D eigenvalue weighted by atomic mass is 10.00. The Kier molecular flexibility index (Phi) is 9.64. The molecule has 0 aliphatic carbocycles. The van der Waals surface area contributed by atoms with E-state index in [0.29, 0.717) is 28.1 Å². The predicted octanol–water partition coefficient (Wildman–Crippen LogP) is 3.62. The van der Waals surface area contributed by atoms with Crippen molar-refractivity contribution >= 4 is 40.3 Å². The van der Waals surface area contributed by atoms with Gasteiger partial charge in [-0.3, -0.25) is 19.2 Å². The number of fused-ring (bicyclic) bond motifs is 1. The highest BCUT2D eigenvalue weighted by molar-refractivity contribution is 6.30. The van der Waals surface area contributed by atoms with Crippen molar-refractivity contribution in [3.63, 3.8) is 0 Å². The van der Waals surface area contributed by atoms with Crippen LogP contribution in [0.25, 0.3) is 10.9 Å². The minimum absolute atomic E-state index is 0.0768. The first kappa shape index (κ1) is 26.9. The summed E-state index contributed by atoms with van der Waals surface area (Å²) >= 11 is 5.93. The number of benzene rings is 2. The summed E-state index contributed by atoms with van der Waals surface area (Å²) < 4.78 is 5.13. The molecular formula is C27H30ClN3O5. The van der Waals surface area contributed by atoms with Gasteiger partial charge in [0.2, 0.25) is 11.5 Å². The largest absolute Gasteiger partial charge is 0.466 e. The predicted molar refractivity (Wildman–Crippen MR) is 139 cm³/mol. The van der Waals surface area contributed by atoms with Crippen molar-refractivity contribution in [2.75, 3.05) is 13.2 Å². The van der Waals surface area contributed by atoms with Crippen molar-refractivity contribution in [1.82, 2.24) is 15.6 Å². The number of carbonyl (C=O) groups excluding carboxylic acids is 3. The zero-order valence-electron chi connectivity index (χ0n) is 20.3. The molecule has 2 amide bonds. The summed E-state index contributed by atoms with van der Waals surface area (Å²) in [7, 11) is 0. The number of pyridine rings is 1. The molecule has 36 heavy (non-hydrogen) atoms. The van der Waals surface area contributed by atoms with Crippen molar-refractivity contribution < 1.29 is 19.1 Å². The number of para-hydroxylation sites is 1. The minimum Gasteiger partial charge on any atom is -0.466 e. The Morgan fingerprint density at radius 1 is 1.06 bits per heavy atom. The number of H-pyrrole nitrogens is 1. The van der Waals surface area contributed by atoms with Gasteiger partial charge in [-0.1, -0.05) is 43.1 Å². The summed E-state index contributed by atoms with van der Waals surface area (Å²) in [5.74, 6) is -1.79. The van der Waals surface area contributed by atoms with E-state index < -0.39 is 23.8 Å². The Morgan fingerprint density at radius 3 is 2.47 bits per heavy atom. The molecule has 3 N–H and O–H groups in total. The van der Waals surface area contributed by atoms with Crippen LogP contribution in [0.3, 0.4) is 0 Å². The quantitative estimate of drug-likeness (QED) is 0.340. The number of hydrogen-bond acceptors (Lipinski definition) is 5. The van der Waals surface area contributed by atoms with Crippen molar-refractivity contribution in [2.45, 2.75) is 39.2 Å². The molecule has 0 radical (unpaired) electrons. The highest BCUT2D eigenvalue weighted by Crippen LogP contribution is 2.17. The van der Waals surface area contributed by atoms with Gasteiger partial charge in [-0.15, -0.1) is 0 Å². The Labute approximate surface area is 214 Å². The van der Waals surface area contributed by atoms with E-state index in [1.165, 1.54) is 6.07 Å². The van der Waals surface area contributed by atoms with E-state index in [4.69, 9.17) is 16.3 Å². The van der Waals surface area contributed by atoms with E-state index in [-0.39, 0.29) is 31.1 Å². The van der Waals surface area contributed by atoms with E-state index >= 15 is 0 Å². The summed E-state index contributed by atoms with van der Waals surface area (Å²) in [6.07, 6.45) is 1.38. The van der Waals surface area contributed by atoms with Gasteiger partial charge < -0.3 is 20.4 Å². The third-order valence-electron chi connectivity index (χ3n) is 5.77. The van der Waals surface area contributed by atoms with E-state index in [2.05, 4.69) is 15.6 Å². The molecule has 2 aromatic carbocycles. The topological polar surface area (TPSA) is 117 Å². The number of aromatic amines is 1. The van der Waals surface area contributed by atoms with Gasteiger partial charge in [0.1, 0.15) is 6.04 Å². The number of aromatic nitrogens is 1. The zero-order chi connectivity index (χ0) is 26.1. The number of hydrogen-bond donors (Lipinski definition) is 3. The van der Waals surface area contributed by atoms with E-state index in [1.54, 1.807) is 43.3 Å². The van der Waals surface area contributed by atoms with Crippen LogP contribution in [0.15, 0.2) is 59.4 Å². The summed E-state index contributed by atoms with van der Waals surface area (Å²) in [4.78, 5) is 53.6. The summed E-state index contributed by atoms with van der Waals surface area (Å²) in [5.41, 5.74) is 1.27. The Hall–Kier alpha value is -3.65. The molecule has 0 saturated carbocycles. The molecule has 9 heteroatoms. The number of nitrogens with one attached hydrogen (secondary N) is 3. The minimum atomic E-state index is -0.997. The van der Waals surface area contributed by atoms with Crippen LogP contribution in [0.2, 0.25) is 5.02 Å². The molecule has 0 aliphatic rings. The Morgan fingerprint density at radius 2 is 1.78 bits per heavy atom. The molecule has 2 unspecified atom stereocenters. The highest BCUT2D eigenvalue weighted by atomic mass is 35.5. The summed E-state index contributed by atoms with van der Waals surface area (Å²) in [5, 5.41) is 6.82. The maximum atomic E-state index is 13.3. The second-order valence-corrected chi connectivity index (χ2v) is 8.86. The van der Waals surface area contributed by atoms with Gasteiger partial charge in [0.05, 0.1) is 12.5 Å². The van der Waals surface area contributed by atoms with E-state index in [9.17, 15) is 19.2 Å². The van der Waals surface area contributed by atoms with Crippen molar-refractivity contribution in [3.05, 3.63) is 81.1 Å². The number of carbonyl (C=O) groups is 3. The first-order valence-electron chi connectivity index (χ1n) is 11.9. The van der Waals surface area contributed by atoms with Crippen molar-refractivity contribution in [3.8, 4) is 0 Å².